The predicted octanol–water partition coefficient (Wildman–Crippen LogP) is 4.46. The maximum absolute atomic E-state index is 6.27. The Morgan fingerprint density at radius 1 is 1.30 bits per heavy atom. The number of hydrogen-bond donors (Lipinski definition) is 0. The van der Waals surface area contributed by atoms with Crippen molar-refractivity contribution in [3.05, 3.63) is 40.5 Å². The molecular formula is C21H24ClN3OS. The first-order valence-electron chi connectivity index (χ1n) is 9.58. The molecule has 3 heterocycles. The van der Waals surface area contributed by atoms with Crippen LogP contribution >= 0.6 is 23.3 Å². The summed E-state index contributed by atoms with van der Waals surface area (Å²) in [5.74, 6) is 8.50. The summed E-state index contributed by atoms with van der Waals surface area (Å²) in [6.07, 6.45) is 2.34. The highest BCUT2D eigenvalue weighted by Gasteiger charge is 2.39. The fourth-order valence-corrected chi connectivity index (χ4v) is 4.73. The van der Waals surface area contributed by atoms with Crippen molar-refractivity contribution in [2.24, 2.45) is 11.8 Å². The van der Waals surface area contributed by atoms with Crippen molar-refractivity contribution in [2.75, 3.05) is 19.6 Å². The van der Waals surface area contributed by atoms with E-state index in [1.165, 1.54) is 37.7 Å². The van der Waals surface area contributed by atoms with Crippen LogP contribution in [-0.2, 0) is 0 Å². The van der Waals surface area contributed by atoms with Crippen LogP contribution < -0.4 is 4.74 Å². The summed E-state index contributed by atoms with van der Waals surface area (Å²) < 4.78 is 15.4. The number of benzene rings is 1. The van der Waals surface area contributed by atoms with Gasteiger partial charge in [0.1, 0.15) is 5.69 Å². The van der Waals surface area contributed by atoms with Crippen LogP contribution in [0.5, 0.6) is 5.88 Å². The minimum atomic E-state index is -0.229. The van der Waals surface area contributed by atoms with Gasteiger partial charge in [0.05, 0.1) is 11.7 Å². The van der Waals surface area contributed by atoms with Crippen molar-refractivity contribution in [1.82, 2.24) is 13.6 Å². The number of ether oxygens (including phenoxy) is 1. The van der Waals surface area contributed by atoms with Gasteiger partial charge in [0.15, 0.2) is 6.10 Å². The summed E-state index contributed by atoms with van der Waals surface area (Å²) in [6, 6.07) is 7.59. The minimum absolute atomic E-state index is 0.229. The van der Waals surface area contributed by atoms with Crippen LogP contribution in [0.15, 0.2) is 24.3 Å². The molecule has 0 spiro atoms. The quantitative estimate of drug-likeness (QED) is 0.709. The third-order valence-corrected chi connectivity index (χ3v) is 6.19. The lowest BCUT2D eigenvalue weighted by Crippen LogP contribution is -2.25. The second-order valence-electron chi connectivity index (χ2n) is 7.79. The lowest BCUT2D eigenvalue weighted by molar-refractivity contribution is 0.196. The van der Waals surface area contributed by atoms with Crippen LogP contribution in [0.25, 0.3) is 0 Å². The molecule has 2 fully saturated rings. The van der Waals surface area contributed by atoms with Crippen LogP contribution in [0.2, 0.25) is 5.02 Å². The Balaban J connectivity index is 1.53. The molecule has 0 aliphatic carbocycles. The van der Waals surface area contributed by atoms with E-state index in [2.05, 4.69) is 39.3 Å². The fraction of sp³-hybridized carbons (Fsp3) is 0.524. The van der Waals surface area contributed by atoms with Gasteiger partial charge in [0, 0.05) is 35.5 Å². The summed E-state index contributed by atoms with van der Waals surface area (Å²) in [5.41, 5.74) is 1.93. The second kappa shape index (κ2) is 8.18. The molecule has 27 heavy (non-hydrogen) atoms. The van der Waals surface area contributed by atoms with Crippen molar-refractivity contribution in [3.63, 3.8) is 0 Å². The molecule has 2 bridgehead atoms. The van der Waals surface area contributed by atoms with Gasteiger partial charge in [-0.1, -0.05) is 43.4 Å². The lowest BCUT2D eigenvalue weighted by Gasteiger charge is -2.22. The highest BCUT2D eigenvalue weighted by atomic mass is 35.5. The summed E-state index contributed by atoms with van der Waals surface area (Å²) in [7, 11) is 0. The molecule has 1 aromatic heterocycles. The predicted molar refractivity (Wildman–Crippen MR) is 109 cm³/mol. The van der Waals surface area contributed by atoms with Gasteiger partial charge >= 0.3 is 0 Å². The topological polar surface area (TPSA) is 38.3 Å². The third kappa shape index (κ3) is 4.29. The van der Waals surface area contributed by atoms with E-state index < -0.39 is 0 Å². The van der Waals surface area contributed by atoms with Crippen molar-refractivity contribution in [1.29, 1.82) is 0 Å². The smallest absolute Gasteiger partial charge is 0.250 e. The molecule has 2 aliphatic heterocycles. The fourth-order valence-electron chi connectivity index (χ4n) is 3.99. The zero-order valence-electron chi connectivity index (χ0n) is 15.7. The largest absolute Gasteiger partial charge is 0.459 e. The van der Waals surface area contributed by atoms with E-state index in [-0.39, 0.29) is 12.0 Å². The summed E-state index contributed by atoms with van der Waals surface area (Å²) >= 11 is 7.30. The van der Waals surface area contributed by atoms with Gasteiger partial charge in [-0.15, -0.1) is 4.37 Å². The molecule has 4 atom stereocenters. The molecule has 0 N–H and O–H groups in total. The average Bonchev–Trinajstić information content (AvgIpc) is 3.21. The molecule has 142 valence electrons. The number of rotatable bonds is 4. The number of nitrogens with zero attached hydrogens (tertiary/aromatic N) is 3. The van der Waals surface area contributed by atoms with Gasteiger partial charge in [0.2, 0.25) is 0 Å². The van der Waals surface area contributed by atoms with Crippen molar-refractivity contribution in [3.8, 4) is 17.7 Å². The van der Waals surface area contributed by atoms with Crippen molar-refractivity contribution >= 4 is 23.3 Å². The Bertz CT molecular complexity index is 856. The maximum Gasteiger partial charge on any atom is 0.250 e. The molecule has 1 aromatic carbocycles. The normalized spacial score (nSPS) is 25.1. The zero-order valence-corrected chi connectivity index (χ0v) is 17.3. The number of piperidine rings is 1. The van der Waals surface area contributed by atoms with Gasteiger partial charge < -0.3 is 9.64 Å². The first kappa shape index (κ1) is 18.7. The molecule has 4 rings (SSSR count). The molecule has 0 radical (unpaired) electrons. The number of aromatic nitrogens is 2. The van der Waals surface area contributed by atoms with E-state index in [0.717, 1.165) is 17.8 Å². The maximum atomic E-state index is 6.27. The van der Waals surface area contributed by atoms with Crippen LogP contribution in [-0.4, -0.2) is 39.4 Å². The van der Waals surface area contributed by atoms with Gasteiger partial charge in [0.25, 0.3) is 5.88 Å². The molecule has 0 saturated carbocycles. The van der Waals surface area contributed by atoms with E-state index in [0.29, 0.717) is 22.7 Å². The lowest BCUT2D eigenvalue weighted by atomic mass is 9.89. The number of hydrogen-bond acceptors (Lipinski definition) is 5. The van der Waals surface area contributed by atoms with Crippen molar-refractivity contribution < 1.29 is 4.74 Å². The Morgan fingerprint density at radius 2 is 2.19 bits per heavy atom. The Morgan fingerprint density at radius 3 is 2.96 bits per heavy atom. The van der Waals surface area contributed by atoms with Gasteiger partial charge in [-0.25, -0.2) is 0 Å². The van der Waals surface area contributed by atoms with E-state index in [1.54, 1.807) is 0 Å². The number of fused-ring (bicyclic) bond motifs is 2. The number of halogens is 1. The molecule has 2 saturated heterocycles. The Hall–Kier alpha value is -1.61. The van der Waals surface area contributed by atoms with Gasteiger partial charge in [-0.2, -0.15) is 4.37 Å². The Labute approximate surface area is 170 Å². The highest BCUT2D eigenvalue weighted by Crippen LogP contribution is 2.41. The zero-order chi connectivity index (χ0) is 18.8. The molecule has 2 unspecified atom stereocenters. The van der Waals surface area contributed by atoms with E-state index in [1.807, 2.05) is 24.3 Å². The van der Waals surface area contributed by atoms with Crippen LogP contribution in [0.4, 0.5) is 0 Å². The first-order valence-corrected chi connectivity index (χ1v) is 10.7. The minimum Gasteiger partial charge on any atom is -0.459 e. The van der Waals surface area contributed by atoms with Gasteiger partial charge in [-0.3, -0.25) is 0 Å². The summed E-state index contributed by atoms with van der Waals surface area (Å²) in [5, 5.41) is 0.692. The summed E-state index contributed by atoms with van der Waals surface area (Å²) in [6.45, 7) is 7.70. The van der Waals surface area contributed by atoms with E-state index in [4.69, 9.17) is 16.3 Å². The summed E-state index contributed by atoms with van der Waals surface area (Å²) in [4.78, 5) is 2.54. The van der Waals surface area contributed by atoms with Crippen LogP contribution in [0.3, 0.4) is 0 Å². The van der Waals surface area contributed by atoms with Crippen molar-refractivity contribution in [2.45, 2.75) is 38.7 Å². The highest BCUT2D eigenvalue weighted by molar-refractivity contribution is 6.99. The molecule has 6 heteroatoms. The molecule has 4 nitrogen and oxygen atoms in total. The Kier molecular flexibility index (Phi) is 5.68. The third-order valence-electron chi connectivity index (χ3n) is 5.43. The molecule has 0 amide bonds. The molecular weight excluding hydrogens is 378 g/mol. The van der Waals surface area contributed by atoms with Gasteiger partial charge in [-0.05, 0) is 43.5 Å². The van der Waals surface area contributed by atoms with Crippen LogP contribution in [0, 0.1) is 23.7 Å². The van der Waals surface area contributed by atoms with E-state index >= 15 is 0 Å². The molecule has 2 aliphatic rings. The standard InChI is InChI=1S/C21H24ClN3OS/c1-14(2)19(9-8-15-5-3-7-17(22)11-15)26-21-20(23-27-24-21)18-13-25-10-4-6-16(18)12-25/h3,5,7,11,14,16,18-19H,4,6,10,12-13H2,1-2H3/t16-,18-,19?/m0/s1. The van der Waals surface area contributed by atoms with E-state index in [9.17, 15) is 0 Å². The average molecular weight is 402 g/mol. The SMILES string of the molecule is CC(C)C(C#Cc1cccc(Cl)c1)Oc1nsnc1[C@H]1CN2CCC[C@H]1C2. The van der Waals surface area contributed by atoms with Crippen LogP contribution in [0.1, 0.15) is 43.9 Å². The second-order valence-corrected chi connectivity index (χ2v) is 8.75. The molecule has 2 aromatic rings. The monoisotopic (exact) mass is 401 g/mol. The first-order chi connectivity index (χ1) is 13.1.